The lowest BCUT2D eigenvalue weighted by molar-refractivity contribution is -0.136. The normalized spacial score (nSPS) is 15.7. The molecule has 0 heterocycles. The van der Waals surface area contributed by atoms with Gasteiger partial charge in [-0.25, -0.2) is 0 Å². The summed E-state index contributed by atoms with van der Waals surface area (Å²) in [5.41, 5.74) is 4.91. The number of ether oxygens (including phenoxy) is 2. The van der Waals surface area contributed by atoms with Crippen LogP contribution >= 0.6 is 11.6 Å². The number of carboxylic acids is 1. The van der Waals surface area contributed by atoms with E-state index >= 15 is 0 Å². The molecule has 0 saturated heterocycles. The number of benzene rings is 2. The van der Waals surface area contributed by atoms with Crippen molar-refractivity contribution in [2.75, 3.05) is 20.3 Å². The maximum atomic E-state index is 11.1. The molecule has 1 aliphatic carbocycles. The van der Waals surface area contributed by atoms with Crippen LogP contribution in [0.1, 0.15) is 68.4 Å². The molecule has 2 atom stereocenters. The summed E-state index contributed by atoms with van der Waals surface area (Å²) in [6.45, 7) is 7.75. The van der Waals surface area contributed by atoms with Crippen LogP contribution in [0.3, 0.4) is 0 Å². The molecule has 0 saturated carbocycles. The van der Waals surface area contributed by atoms with E-state index in [1.165, 1.54) is 11.1 Å². The Kier molecular flexibility index (Phi) is 10.2. The van der Waals surface area contributed by atoms with Crippen molar-refractivity contribution < 1.29 is 19.4 Å². The summed E-state index contributed by atoms with van der Waals surface area (Å²) in [7, 11) is 1.72. The molecule has 6 heteroatoms. The van der Waals surface area contributed by atoms with Gasteiger partial charge in [0.05, 0.1) is 18.8 Å². The van der Waals surface area contributed by atoms with E-state index in [1.807, 2.05) is 18.2 Å². The van der Waals surface area contributed by atoms with Crippen LogP contribution in [0.15, 0.2) is 42.5 Å². The van der Waals surface area contributed by atoms with Crippen LogP contribution in [0.25, 0.3) is 0 Å². The molecule has 35 heavy (non-hydrogen) atoms. The molecule has 0 amide bonds. The van der Waals surface area contributed by atoms with Gasteiger partial charge < -0.3 is 19.9 Å². The van der Waals surface area contributed by atoms with Gasteiger partial charge in [-0.15, -0.1) is 0 Å². The molecule has 192 valence electrons. The van der Waals surface area contributed by atoms with Crippen molar-refractivity contribution >= 4 is 17.6 Å². The predicted octanol–water partition coefficient (Wildman–Crippen LogP) is 6.01. The maximum absolute atomic E-state index is 11.1. The molecule has 2 N–H and O–H groups in total. The fourth-order valence-corrected chi connectivity index (χ4v) is 5.38. The summed E-state index contributed by atoms with van der Waals surface area (Å²) < 4.78 is 12.0. The molecule has 0 aliphatic heterocycles. The van der Waals surface area contributed by atoms with Gasteiger partial charge in [-0.1, -0.05) is 48.9 Å². The van der Waals surface area contributed by atoms with Gasteiger partial charge in [-0.3, -0.25) is 4.79 Å². The lowest BCUT2D eigenvalue weighted by atomic mass is 9.88. The van der Waals surface area contributed by atoms with E-state index in [-0.39, 0.29) is 24.2 Å². The van der Waals surface area contributed by atoms with Crippen LogP contribution in [0.2, 0.25) is 5.02 Å². The first-order valence-electron chi connectivity index (χ1n) is 12.7. The number of aryl methyl sites for hydroxylation is 1. The third kappa shape index (κ3) is 8.32. The number of carboxylic acid groups (broad SMARTS) is 1. The molecular formula is C29H40ClNO4. The van der Waals surface area contributed by atoms with E-state index in [1.54, 1.807) is 7.11 Å². The monoisotopic (exact) mass is 501 g/mol. The van der Waals surface area contributed by atoms with E-state index in [4.69, 9.17) is 26.2 Å². The smallest absolute Gasteiger partial charge is 0.303 e. The minimum atomic E-state index is -0.820. The number of hydrogen-bond acceptors (Lipinski definition) is 4. The molecule has 0 bridgehead atoms. The molecule has 0 spiro atoms. The van der Waals surface area contributed by atoms with Crippen molar-refractivity contribution in [2.24, 2.45) is 5.92 Å². The van der Waals surface area contributed by atoms with Crippen LogP contribution in [0, 0.1) is 5.92 Å². The first-order chi connectivity index (χ1) is 16.7. The zero-order valence-electron chi connectivity index (χ0n) is 21.5. The third-order valence-electron chi connectivity index (χ3n) is 6.99. The lowest BCUT2D eigenvalue weighted by Crippen LogP contribution is -2.46. The van der Waals surface area contributed by atoms with Gasteiger partial charge in [0.25, 0.3) is 0 Å². The average Bonchev–Trinajstić information content (AvgIpc) is 3.22. The number of fused-ring (bicyclic) bond motifs is 1. The molecule has 0 radical (unpaired) electrons. The Morgan fingerprint density at radius 2 is 1.89 bits per heavy atom. The van der Waals surface area contributed by atoms with E-state index in [0.717, 1.165) is 36.8 Å². The zero-order valence-corrected chi connectivity index (χ0v) is 22.2. The number of halogens is 1. The molecular weight excluding hydrogens is 462 g/mol. The van der Waals surface area contributed by atoms with Gasteiger partial charge in [0.15, 0.2) is 0 Å². The van der Waals surface area contributed by atoms with Gasteiger partial charge in [0, 0.05) is 30.6 Å². The third-order valence-corrected chi connectivity index (χ3v) is 7.23. The van der Waals surface area contributed by atoms with Gasteiger partial charge in [-0.05, 0) is 86.3 Å². The number of methoxy groups -OCH3 is 1. The largest absolute Gasteiger partial charge is 0.481 e. The van der Waals surface area contributed by atoms with Crippen LogP contribution < -0.4 is 5.32 Å². The second-order valence-electron chi connectivity index (χ2n) is 10.3. The molecule has 1 aliphatic rings. The van der Waals surface area contributed by atoms with Crippen LogP contribution in [0.4, 0.5) is 0 Å². The molecule has 2 aromatic rings. The van der Waals surface area contributed by atoms with E-state index in [9.17, 15) is 4.79 Å². The van der Waals surface area contributed by atoms with Gasteiger partial charge in [-0.2, -0.15) is 0 Å². The molecule has 3 rings (SSSR count). The quantitative estimate of drug-likeness (QED) is 0.331. The maximum Gasteiger partial charge on any atom is 0.303 e. The first kappa shape index (κ1) is 27.7. The Balaban J connectivity index is 1.53. The second kappa shape index (κ2) is 12.9. The summed E-state index contributed by atoms with van der Waals surface area (Å²) in [5.74, 6) is -0.162. The molecule has 5 nitrogen and oxygen atoms in total. The Morgan fingerprint density at radius 3 is 2.49 bits per heavy atom. The second-order valence-corrected chi connectivity index (χ2v) is 10.8. The van der Waals surface area contributed by atoms with Gasteiger partial charge in [0.2, 0.25) is 0 Å². The summed E-state index contributed by atoms with van der Waals surface area (Å²) in [4.78, 5) is 11.1. The van der Waals surface area contributed by atoms with Crippen molar-refractivity contribution in [3.8, 4) is 0 Å². The van der Waals surface area contributed by atoms with Crippen molar-refractivity contribution in [1.82, 2.24) is 5.32 Å². The molecule has 0 aromatic heterocycles. The van der Waals surface area contributed by atoms with Crippen molar-refractivity contribution in [3.05, 3.63) is 69.7 Å². The number of rotatable bonds is 14. The average molecular weight is 502 g/mol. The fourth-order valence-electron chi connectivity index (χ4n) is 5.19. The lowest BCUT2D eigenvalue weighted by Gasteiger charge is -2.31. The molecule has 0 fully saturated rings. The Hall–Kier alpha value is -1.92. The van der Waals surface area contributed by atoms with Crippen molar-refractivity contribution in [1.29, 1.82) is 0 Å². The standard InChI is InChI=1S/C29H40ClNO4/c1-5-27(26-12-11-24(30)16-23(26)10-13-28(32)33)35-19-25(34-4)18-31-29(2,3)17-20-14-21-8-6-7-9-22(21)15-20/h6-9,11-12,16,20,25,27,31H,5,10,13-15,17-19H2,1-4H3,(H,32,33)/t25-,27-/m1/s1. The molecule has 2 aromatic carbocycles. The number of carbonyl (C=O) groups is 1. The fraction of sp³-hybridized carbons (Fsp3) is 0.552. The highest BCUT2D eigenvalue weighted by Crippen LogP contribution is 2.32. The summed E-state index contributed by atoms with van der Waals surface area (Å²) in [5, 5.41) is 13.4. The number of nitrogens with one attached hydrogen (secondary N) is 1. The van der Waals surface area contributed by atoms with Crippen LogP contribution in [-0.2, 0) is 33.5 Å². The first-order valence-corrected chi connectivity index (χ1v) is 13.0. The predicted molar refractivity (Wildman–Crippen MR) is 141 cm³/mol. The van der Waals surface area contributed by atoms with Gasteiger partial charge in [0.1, 0.15) is 0 Å². The zero-order chi connectivity index (χ0) is 25.4. The van der Waals surface area contributed by atoms with E-state index < -0.39 is 5.97 Å². The van der Waals surface area contributed by atoms with E-state index in [0.29, 0.717) is 30.5 Å². The topological polar surface area (TPSA) is 67.8 Å². The van der Waals surface area contributed by atoms with Crippen molar-refractivity contribution in [3.63, 3.8) is 0 Å². The highest BCUT2D eigenvalue weighted by molar-refractivity contribution is 6.30. The minimum Gasteiger partial charge on any atom is -0.481 e. The Morgan fingerprint density at radius 1 is 1.20 bits per heavy atom. The Labute approximate surface area is 215 Å². The summed E-state index contributed by atoms with van der Waals surface area (Å²) >= 11 is 6.18. The molecule has 0 unspecified atom stereocenters. The summed E-state index contributed by atoms with van der Waals surface area (Å²) in [6, 6.07) is 14.4. The number of aliphatic carboxylic acids is 1. The van der Waals surface area contributed by atoms with Crippen molar-refractivity contribution in [2.45, 2.75) is 77.0 Å². The van der Waals surface area contributed by atoms with Crippen LogP contribution in [0.5, 0.6) is 0 Å². The van der Waals surface area contributed by atoms with E-state index in [2.05, 4.69) is 50.4 Å². The number of hydrogen-bond donors (Lipinski definition) is 2. The SMILES string of the molecule is CC[C@@H](OC[C@@H](CNC(C)(C)CC1Cc2ccccc2C1)OC)c1ccc(Cl)cc1CCC(=O)O. The van der Waals surface area contributed by atoms with Crippen LogP contribution in [-0.4, -0.2) is 43.0 Å². The summed E-state index contributed by atoms with van der Waals surface area (Å²) in [6.07, 6.45) is 4.46. The minimum absolute atomic E-state index is 0.00612. The van der Waals surface area contributed by atoms with Gasteiger partial charge >= 0.3 is 5.97 Å². The Bertz CT molecular complexity index is 952. The highest BCUT2D eigenvalue weighted by atomic mass is 35.5. The highest BCUT2D eigenvalue weighted by Gasteiger charge is 2.29.